The van der Waals surface area contributed by atoms with Gasteiger partial charge in [-0.2, -0.15) is 0 Å². The zero-order valence-electron chi connectivity index (χ0n) is 11.8. The predicted molar refractivity (Wildman–Crippen MR) is 72.7 cm³/mol. The number of carbonyl (C=O) groups is 2. The van der Waals surface area contributed by atoms with Crippen molar-refractivity contribution >= 4 is 11.9 Å². The summed E-state index contributed by atoms with van der Waals surface area (Å²) in [7, 11) is 0. The van der Waals surface area contributed by atoms with Crippen LogP contribution >= 0.6 is 0 Å². The molecule has 0 unspecified atom stereocenters. The van der Waals surface area contributed by atoms with Gasteiger partial charge in [0.05, 0.1) is 13.2 Å². The van der Waals surface area contributed by atoms with Gasteiger partial charge in [-0.05, 0) is 19.3 Å². The third-order valence-corrected chi connectivity index (χ3v) is 3.33. The van der Waals surface area contributed by atoms with Crippen LogP contribution in [0.15, 0.2) is 0 Å². The van der Waals surface area contributed by atoms with Crippen LogP contribution in [0.2, 0.25) is 0 Å². The lowest BCUT2D eigenvalue weighted by Gasteiger charge is -2.05. The van der Waals surface area contributed by atoms with Crippen molar-refractivity contribution in [2.75, 3.05) is 13.2 Å². The van der Waals surface area contributed by atoms with E-state index in [9.17, 15) is 9.59 Å². The van der Waals surface area contributed by atoms with Gasteiger partial charge in [-0.25, -0.2) is 0 Å². The van der Waals surface area contributed by atoms with E-state index in [4.69, 9.17) is 9.47 Å². The molecule has 4 nitrogen and oxygen atoms in total. The van der Waals surface area contributed by atoms with E-state index in [0.717, 1.165) is 25.7 Å². The first kappa shape index (κ1) is 16.0. The van der Waals surface area contributed by atoms with Crippen LogP contribution in [0.5, 0.6) is 0 Å². The van der Waals surface area contributed by atoms with Gasteiger partial charge >= 0.3 is 11.9 Å². The maximum Gasteiger partial charge on any atom is 0.305 e. The molecule has 0 radical (unpaired) electrons. The standard InChI is InChI=1S/C15H26O4/c16-14-10-9-11-15(17)19-13-8-6-4-2-1-3-5-7-12-18-14/h1-13H2. The summed E-state index contributed by atoms with van der Waals surface area (Å²) in [5.41, 5.74) is 0. The van der Waals surface area contributed by atoms with Crippen LogP contribution in [-0.4, -0.2) is 25.2 Å². The average molecular weight is 270 g/mol. The van der Waals surface area contributed by atoms with Crippen LogP contribution in [0.25, 0.3) is 0 Å². The average Bonchev–Trinajstić information content (AvgIpc) is 2.39. The van der Waals surface area contributed by atoms with Gasteiger partial charge in [0.1, 0.15) is 0 Å². The van der Waals surface area contributed by atoms with Gasteiger partial charge < -0.3 is 9.47 Å². The quantitative estimate of drug-likeness (QED) is 0.633. The summed E-state index contributed by atoms with van der Waals surface area (Å²) in [6, 6.07) is 0. The van der Waals surface area contributed by atoms with E-state index < -0.39 is 0 Å². The topological polar surface area (TPSA) is 52.6 Å². The molecular formula is C15H26O4. The van der Waals surface area contributed by atoms with Crippen LogP contribution in [0, 0.1) is 0 Å². The molecule has 0 amide bonds. The first-order valence-corrected chi connectivity index (χ1v) is 7.60. The lowest BCUT2D eigenvalue weighted by atomic mass is 10.1. The van der Waals surface area contributed by atoms with Crippen LogP contribution in [0.1, 0.15) is 70.6 Å². The maximum absolute atomic E-state index is 11.4. The van der Waals surface area contributed by atoms with E-state index in [1.807, 2.05) is 0 Å². The SMILES string of the molecule is O=C1CCCC(=O)OCCCCCCCCCCO1. The molecule has 1 aliphatic rings. The van der Waals surface area contributed by atoms with Crippen LogP contribution in [-0.2, 0) is 19.1 Å². The van der Waals surface area contributed by atoms with Crippen molar-refractivity contribution in [2.45, 2.75) is 70.6 Å². The second-order valence-corrected chi connectivity index (χ2v) is 5.12. The highest BCUT2D eigenvalue weighted by Crippen LogP contribution is 2.10. The van der Waals surface area contributed by atoms with Crippen molar-refractivity contribution in [2.24, 2.45) is 0 Å². The molecule has 1 saturated heterocycles. The molecule has 1 heterocycles. The van der Waals surface area contributed by atoms with Gasteiger partial charge in [-0.3, -0.25) is 9.59 Å². The second-order valence-electron chi connectivity index (χ2n) is 5.12. The highest BCUT2D eigenvalue weighted by molar-refractivity contribution is 5.72. The summed E-state index contributed by atoms with van der Waals surface area (Å²) in [5, 5.41) is 0. The Bertz CT molecular complexity index is 237. The molecule has 0 atom stereocenters. The molecular weight excluding hydrogens is 244 g/mol. The molecule has 0 aliphatic carbocycles. The number of esters is 2. The molecule has 0 aromatic heterocycles. The summed E-state index contributed by atoms with van der Waals surface area (Å²) >= 11 is 0. The Hall–Kier alpha value is -1.06. The summed E-state index contributed by atoms with van der Waals surface area (Å²) in [5.74, 6) is -0.394. The van der Waals surface area contributed by atoms with Crippen molar-refractivity contribution in [3.8, 4) is 0 Å². The van der Waals surface area contributed by atoms with Gasteiger partial charge in [0.25, 0.3) is 0 Å². The van der Waals surface area contributed by atoms with E-state index in [1.165, 1.54) is 25.7 Å². The minimum Gasteiger partial charge on any atom is -0.466 e. The Morgan fingerprint density at radius 2 is 0.895 bits per heavy atom. The maximum atomic E-state index is 11.4. The predicted octanol–water partition coefficient (Wildman–Crippen LogP) is 3.38. The van der Waals surface area contributed by atoms with Crippen molar-refractivity contribution in [1.82, 2.24) is 0 Å². The third-order valence-electron chi connectivity index (χ3n) is 3.33. The van der Waals surface area contributed by atoms with E-state index in [0.29, 0.717) is 32.5 Å². The molecule has 1 rings (SSSR count). The van der Waals surface area contributed by atoms with E-state index in [-0.39, 0.29) is 11.9 Å². The number of cyclic esters (lactones) is 2. The van der Waals surface area contributed by atoms with Gasteiger partial charge in [-0.15, -0.1) is 0 Å². The van der Waals surface area contributed by atoms with E-state index in [2.05, 4.69) is 0 Å². The fraction of sp³-hybridized carbons (Fsp3) is 0.867. The largest absolute Gasteiger partial charge is 0.466 e. The number of carbonyl (C=O) groups excluding carboxylic acids is 2. The summed E-state index contributed by atoms with van der Waals surface area (Å²) in [6.45, 7) is 1.03. The smallest absolute Gasteiger partial charge is 0.305 e. The van der Waals surface area contributed by atoms with Gasteiger partial charge in [-0.1, -0.05) is 38.5 Å². The number of hydrogen-bond donors (Lipinski definition) is 0. The minimum atomic E-state index is -0.197. The van der Waals surface area contributed by atoms with E-state index >= 15 is 0 Å². The number of hydrogen-bond acceptors (Lipinski definition) is 4. The first-order valence-electron chi connectivity index (χ1n) is 7.60. The first-order chi connectivity index (χ1) is 9.29. The molecule has 0 aromatic rings. The lowest BCUT2D eigenvalue weighted by molar-refractivity contribution is -0.145. The molecule has 19 heavy (non-hydrogen) atoms. The summed E-state index contributed by atoms with van der Waals surface area (Å²) in [4.78, 5) is 22.7. The third kappa shape index (κ3) is 9.51. The summed E-state index contributed by atoms with van der Waals surface area (Å²) in [6.07, 6.45) is 10.2. The lowest BCUT2D eigenvalue weighted by Crippen LogP contribution is -2.09. The normalized spacial score (nSPS) is 22.1. The van der Waals surface area contributed by atoms with Crippen molar-refractivity contribution in [3.05, 3.63) is 0 Å². The molecule has 4 heteroatoms. The minimum absolute atomic E-state index is 0.197. The van der Waals surface area contributed by atoms with E-state index in [1.54, 1.807) is 0 Å². The fourth-order valence-electron chi connectivity index (χ4n) is 2.16. The molecule has 0 saturated carbocycles. The molecule has 0 aromatic carbocycles. The van der Waals surface area contributed by atoms with Gasteiger partial charge in [0, 0.05) is 12.8 Å². The Balaban J connectivity index is 2.22. The van der Waals surface area contributed by atoms with Crippen molar-refractivity contribution in [1.29, 1.82) is 0 Å². The van der Waals surface area contributed by atoms with Crippen molar-refractivity contribution < 1.29 is 19.1 Å². The number of ether oxygens (including phenoxy) is 2. The molecule has 110 valence electrons. The zero-order chi connectivity index (χ0) is 13.8. The van der Waals surface area contributed by atoms with Crippen LogP contribution < -0.4 is 0 Å². The molecule has 0 bridgehead atoms. The molecule has 0 N–H and O–H groups in total. The molecule has 1 aliphatic heterocycles. The monoisotopic (exact) mass is 270 g/mol. The van der Waals surface area contributed by atoms with Crippen LogP contribution in [0.4, 0.5) is 0 Å². The Morgan fingerprint density at radius 3 is 1.32 bits per heavy atom. The highest BCUT2D eigenvalue weighted by atomic mass is 16.5. The molecule has 1 fully saturated rings. The zero-order valence-corrected chi connectivity index (χ0v) is 11.8. The Labute approximate surface area is 115 Å². The van der Waals surface area contributed by atoms with Gasteiger partial charge in [0.15, 0.2) is 0 Å². The summed E-state index contributed by atoms with van der Waals surface area (Å²) < 4.78 is 10.2. The number of rotatable bonds is 0. The van der Waals surface area contributed by atoms with Gasteiger partial charge in [0.2, 0.25) is 0 Å². The Kier molecular flexibility index (Phi) is 9.11. The Morgan fingerprint density at radius 1 is 0.526 bits per heavy atom. The van der Waals surface area contributed by atoms with Crippen molar-refractivity contribution in [3.63, 3.8) is 0 Å². The highest BCUT2D eigenvalue weighted by Gasteiger charge is 2.07. The second kappa shape index (κ2) is 10.8. The molecule has 0 spiro atoms. The van der Waals surface area contributed by atoms with Crippen LogP contribution in [0.3, 0.4) is 0 Å². The fourth-order valence-corrected chi connectivity index (χ4v) is 2.16.